The largest absolute Gasteiger partial charge is 0.368 e. The molecule has 0 spiro atoms. The molecule has 0 aromatic carbocycles. The number of nitrogens with zero attached hydrogens (tertiary/aromatic N) is 1. The summed E-state index contributed by atoms with van der Waals surface area (Å²) in [4.78, 5) is 4.39. The van der Waals surface area contributed by atoms with Crippen molar-refractivity contribution in [1.82, 2.24) is 10.3 Å². The zero-order valence-electron chi connectivity index (χ0n) is 9.39. The first-order valence-electron chi connectivity index (χ1n) is 5.00. The van der Waals surface area contributed by atoms with E-state index >= 15 is 0 Å². The number of hydrogen-bond acceptors (Lipinski definition) is 3. The molecule has 3 heteroatoms. The van der Waals surface area contributed by atoms with Crippen LogP contribution in [0.25, 0.3) is 0 Å². The lowest BCUT2D eigenvalue weighted by molar-refractivity contribution is 0.810. The minimum atomic E-state index is 0.427. The van der Waals surface area contributed by atoms with Gasteiger partial charge in [0.2, 0.25) is 0 Å². The molecule has 0 saturated carbocycles. The topological polar surface area (TPSA) is 37.0 Å². The molecule has 0 fully saturated rings. The van der Waals surface area contributed by atoms with E-state index in [1.54, 1.807) is 0 Å². The SMILES string of the molecule is CNCc1cnc(NC(C)C)c(C)c1. The zero-order chi connectivity index (χ0) is 10.6. The van der Waals surface area contributed by atoms with Gasteiger partial charge in [-0.05, 0) is 45.0 Å². The molecule has 0 atom stereocenters. The highest BCUT2D eigenvalue weighted by atomic mass is 15.0. The molecule has 14 heavy (non-hydrogen) atoms. The maximum Gasteiger partial charge on any atom is 0.129 e. The van der Waals surface area contributed by atoms with Crippen LogP contribution in [-0.2, 0) is 6.54 Å². The van der Waals surface area contributed by atoms with Gasteiger partial charge in [0.15, 0.2) is 0 Å². The van der Waals surface area contributed by atoms with Crippen molar-refractivity contribution in [3.05, 3.63) is 23.4 Å². The quantitative estimate of drug-likeness (QED) is 0.767. The van der Waals surface area contributed by atoms with Crippen LogP contribution in [-0.4, -0.2) is 18.1 Å². The first kappa shape index (κ1) is 11.0. The van der Waals surface area contributed by atoms with Crippen LogP contribution in [0.4, 0.5) is 5.82 Å². The minimum absolute atomic E-state index is 0.427. The van der Waals surface area contributed by atoms with Gasteiger partial charge in [0.05, 0.1) is 0 Å². The Hall–Kier alpha value is -1.09. The van der Waals surface area contributed by atoms with Crippen molar-refractivity contribution in [2.75, 3.05) is 12.4 Å². The van der Waals surface area contributed by atoms with E-state index in [9.17, 15) is 0 Å². The fourth-order valence-electron chi connectivity index (χ4n) is 1.36. The summed E-state index contributed by atoms with van der Waals surface area (Å²) in [7, 11) is 1.94. The third kappa shape index (κ3) is 3.00. The maximum atomic E-state index is 4.39. The third-order valence-corrected chi connectivity index (χ3v) is 1.94. The highest BCUT2D eigenvalue weighted by molar-refractivity contribution is 5.45. The molecule has 1 aromatic heterocycles. The van der Waals surface area contributed by atoms with Crippen LogP contribution in [0, 0.1) is 6.92 Å². The van der Waals surface area contributed by atoms with Crippen molar-refractivity contribution < 1.29 is 0 Å². The fraction of sp³-hybridized carbons (Fsp3) is 0.545. The molecule has 0 aliphatic heterocycles. The van der Waals surface area contributed by atoms with Crippen molar-refractivity contribution in [3.63, 3.8) is 0 Å². The predicted molar refractivity (Wildman–Crippen MR) is 60.5 cm³/mol. The maximum absolute atomic E-state index is 4.39. The number of nitrogens with one attached hydrogen (secondary N) is 2. The number of pyridine rings is 1. The van der Waals surface area contributed by atoms with E-state index in [1.807, 2.05) is 13.2 Å². The summed E-state index contributed by atoms with van der Waals surface area (Å²) in [6.45, 7) is 7.18. The predicted octanol–water partition coefficient (Wildman–Crippen LogP) is 1.93. The number of anilines is 1. The van der Waals surface area contributed by atoms with Gasteiger partial charge in [-0.25, -0.2) is 4.98 Å². The van der Waals surface area contributed by atoms with Crippen molar-refractivity contribution >= 4 is 5.82 Å². The first-order chi connectivity index (χ1) is 6.63. The van der Waals surface area contributed by atoms with E-state index in [2.05, 4.69) is 42.5 Å². The lowest BCUT2D eigenvalue weighted by Crippen LogP contribution is -2.13. The Morgan fingerprint density at radius 3 is 2.64 bits per heavy atom. The summed E-state index contributed by atoms with van der Waals surface area (Å²) in [6.07, 6.45) is 1.91. The van der Waals surface area contributed by atoms with Crippen LogP contribution in [0.3, 0.4) is 0 Å². The van der Waals surface area contributed by atoms with Gasteiger partial charge in [-0.1, -0.05) is 0 Å². The molecule has 0 unspecified atom stereocenters. The Morgan fingerprint density at radius 1 is 1.43 bits per heavy atom. The molecule has 0 bridgehead atoms. The molecule has 1 aromatic rings. The Labute approximate surface area is 85.9 Å². The van der Waals surface area contributed by atoms with Crippen LogP contribution >= 0.6 is 0 Å². The van der Waals surface area contributed by atoms with Gasteiger partial charge in [-0.15, -0.1) is 0 Å². The van der Waals surface area contributed by atoms with E-state index in [4.69, 9.17) is 0 Å². The Bertz CT molecular complexity index is 295. The molecule has 0 radical (unpaired) electrons. The summed E-state index contributed by atoms with van der Waals surface area (Å²) in [5, 5.41) is 6.42. The Kier molecular flexibility index (Phi) is 3.89. The van der Waals surface area contributed by atoms with E-state index in [0.717, 1.165) is 12.4 Å². The van der Waals surface area contributed by atoms with Crippen LogP contribution in [0.5, 0.6) is 0 Å². The van der Waals surface area contributed by atoms with E-state index in [-0.39, 0.29) is 0 Å². The molecule has 3 nitrogen and oxygen atoms in total. The molecule has 0 aliphatic carbocycles. The average molecular weight is 193 g/mol. The molecular formula is C11H19N3. The molecule has 0 aliphatic rings. The lowest BCUT2D eigenvalue weighted by atomic mass is 10.2. The van der Waals surface area contributed by atoms with Gasteiger partial charge in [0.1, 0.15) is 5.82 Å². The highest BCUT2D eigenvalue weighted by Gasteiger charge is 2.02. The molecule has 0 amide bonds. The van der Waals surface area contributed by atoms with E-state index in [0.29, 0.717) is 6.04 Å². The second-order valence-corrected chi connectivity index (χ2v) is 3.84. The van der Waals surface area contributed by atoms with Gasteiger partial charge >= 0.3 is 0 Å². The second kappa shape index (κ2) is 4.96. The van der Waals surface area contributed by atoms with Crippen molar-refractivity contribution in [2.24, 2.45) is 0 Å². The number of rotatable bonds is 4. The normalized spacial score (nSPS) is 10.6. The summed E-state index contributed by atoms with van der Waals surface area (Å²) < 4.78 is 0. The average Bonchev–Trinajstić information content (AvgIpc) is 2.10. The zero-order valence-corrected chi connectivity index (χ0v) is 9.39. The molecule has 1 heterocycles. The molecule has 0 saturated heterocycles. The standard InChI is InChI=1S/C11H19N3/c1-8(2)14-11-9(3)5-10(6-12-4)7-13-11/h5,7-8,12H,6H2,1-4H3,(H,13,14). The summed E-state index contributed by atoms with van der Waals surface area (Å²) in [5.74, 6) is 0.986. The van der Waals surface area contributed by atoms with Crippen LogP contribution < -0.4 is 10.6 Å². The minimum Gasteiger partial charge on any atom is -0.368 e. The monoisotopic (exact) mass is 193 g/mol. The third-order valence-electron chi connectivity index (χ3n) is 1.94. The molecule has 1 rings (SSSR count). The summed E-state index contributed by atoms with van der Waals surface area (Å²) in [6, 6.07) is 2.59. The molecule has 2 N–H and O–H groups in total. The molecular weight excluding hydrogens is 174 g/mol. The van der Waals surface area contributed by atoms with Crippen LogP contribution in [0.15, 0.2) is 12.3 Å². The van der Waals surface area contributed by atoms with Gasteiger partial charge < -0.3 is 10.6 Å². The summed E-state index contributed by atoms with van der Waals surface area (Å²) >= 11 is 0. The molecule has 78 valence electrons. The van der Waals surface area contributed by atoms with Crippen LogP contribution in [0.2, 0.25) is 0 Å². The lowest BCUT2D eigenvalue weighted by Gasteiger charge is -2.12. The van der Waals surface area contributed by atoms with Crippen LogP contribution in [0.1, 0.15) is 25.0 Å². The van der Waals surface area contributed by atoms with Crippen molar-refractivity contribution in [3.8, 4) is 0 Å². The van der Waals surface area contributed by atoms with E-state index in [1.165, 1.54) is 11.1 Å². The smallest absolute Gasteiger partial charge is 0.129 e. The van der Waals surface area contributed by atoms with Crippen molar-refractivity contribution in [2.45, 2.75) is 33.4 Å². The number of aromatic nitrogens is 1. The van der Waals surface area contributed by atoms with Gasteiger partial charge in [-0.3, -0.25) is 0 Å². The Balaban J connectivity index is 2.79. The van der Waals surface area contributed by atoms with Gasteiger partial charge in [-0.2, -0.15) is 0 Å². The van der Waals surface area contributed by atoms with Gasteiger partial charge in [0.25, 0.3) is 0 Å². The van der Waals surface area contributed by atoms with Crippen molar-refractivity contribution in [1.29, 1.82) is 0 Å². The number of aryl methyl sites for hydroxylation is 1. The highest BCUT2D eigenvalue weighted by Crippen LogP contribution is 2.13. The first-order valence-corrected chi connectivity index (χ1v) is 5.00. The second-order valence-electron chi connectivity index (χ2n) is 3.84. The summed E-state index contributed by atoms with van der Waals surface area (Å²) in [5.41, 5.74) is 2.42. The van der Waals surface area contributed by atoms with E-state index < -0.39 is 0 Å². The van der Waals surface area contributed by atoms with Gasteiger partial charge in [0, 0.05) is 18.8 Å². The fourth-order valence-corrected chi connectivity index (χ4v) is 1.36. The Morgan fingerprint density at radius 2 is 2.14 bits per heavy atom. The number of hydrogen-bond donors (Lipinski definition) is 2.